The lowest BCUT2D eigenvalue weighted by Gasteiger charge is -2.23. The summed E-state index contributed by atoms with van der Waals surface area (Å²) in [5.74, 6) is 2.92. The molecule has 0 radical (unpaired) electrons. The number of hydrogen-bond acceptors (Lipinski definition) is 1. The summed E-state index contributed by atoms with van der Waals surface area (Å²) in [7, 11) is 2.10. The Morgan fingerprint density at radius 3 is 2.56 bits per heavy atom. The fourth-order valence-corrected chi connectivity index (χ4v) is 3.70. The Labute approximate surface area is 115 Å². The summed E-state index contributed by atoms with van der Waals surface area (Å²) in [6, 6.07) is 0. The standard InChI is InChI=1S/C17H35N/c1-4-5-6-7-8-11-17-12-9-10-16(14-18-3)13-15(17)2/h15-18H,4-14H2,1-3H3/t15?,16?,17-/m1/s1. The van der Waals surface area contributed by atoms with Gasteiger partial charge in [0.1, 0.15) is 0 Å². The highest BCUT2D eigenvalue weighted by molar-refractivity contribution is 4.76. The van der Waals surface area contributed by atoms with E-state index in [1.54, 1.807) is 0 Å². The maximum absolute atomic E-state index is 3.37. The molecule has 1 saturated carbocycles. The van der Waals surface area contributed by atoms with Gasteiger partial charge in [0.05, 0.1) is 0 Å². The Kier molecular flexibility index (Phi) is 8.75. The van der Waals surface area contributed by atoms with Crippen molar-refractivity contribution in [3.05, 3.63) is 0 Å². The van der Waals surface area contributed by atoms with Gasteiger partial charge < -0.3 is 5.32 Å². The molecule has 0 bridgehead atoms. The zero-order valence-corrected chi connectivity index (χ0v) is 13.0. The maximum Gasteiger partial charge on any atom is -0.00234 e. The van der Waals surface area contributed by atoms with Crippen molar-refractivity contribution in [2.75, 3.05) is 13.6 Å². The lowest BCUT2D eigenvalue weighted by molar-refractivity contribution is 0.285. The highest BCUT2D eigenvalue weighted by atomic mass is 14.8. The molecule has 1 N–H and O–H groups in total. The van der Waals surface area contributed by atoms with E-state index in [0.29, 0.717) is 0 Å². The third kappa shape index (κ3) is 6.22. The second-order valence-electron chi connectivity index (χ2n) is 6.53. The fourth-order valence-electron chi connectivity index (χ4n) is 3.70. The van der Waals surface area contributed by atoms with Crippen molar-refractivity contribution < 1.29 is 0 Å². The van der Waals surface area contributed by atoms with Crippen LogP contribution in [0.2, 0.25) is 0 Å². The molecule has 0 saturated heterocycles. The second kappa shape index (κ2) is 9.83. The number of unbranched alkanes of at least 4 members (excludes halogenated alkanes) is 4. The number of rotatable bonds is 8. The number of nitrogens with one attached hydrogen (secondary N) is 1. The monoisotopic (exact) mass is 253 g/mol. The summed E-state index contributed by atoms with van der Waals surface area (Å²) >= 11 is 0. The SMILES string of the molecule is CCCCCCC[C@@H]1CCCC(CNC)CC1C. The van der Waals surface area contributed by atoms with Gasteiger partial charge in [0.25, 0.3) is 0 Å². The van der Waals surface area contributed by atoms with E-state index in [0.717, 1.165) is 17.8 Å². The summed E-state index contributed by atoms with van der Waals surface area (Å²) in [5.41, 5.74) is 0. The molecular formula is C17H35N. The van der Waals surface area contributed by atoms with Crippen molar-refractivity contribution in [3.8, 4) is 0 Å². The Hall–Kier alpha value is -0.0400. The van der Waals surface area contributed by atoms with Gasteiger partial charge in [-0.15, -0.1) is 0 Å². The smallest absolute Gasteiger partial charge is 0.00234 e. The molecule has 0 aromatic heterocycles. The first-order valence-corrected chi connectivity index (χ1v) is 8.42. The third-order valence-electron chi connectivity index (χ3n) is 4.87. The Morgan fingerprint density at radius 2 is 1.83 bits per heavy atom. The Bertz CT molecular complexity index is 190. The van der Waals surface area contributed by atoms with Crippen LogP contribution >= 0.6 is 0 Å². The normalized spacial score (nSPS) is 29.2. The van der Waals surface area contributed by atoms with E-state index in [1.165, 1.54) is 70.8 Å². The lowest BCUT2D eigenvalue weighted by Crippen LogP contribution is -2.21. The average Bonchev–Trinajstić information content (AvgIpc) is 2.52. The third-order valence-corrected chi connectivity index (χ3v) is 4.87. The minimum atomic E-state index is 0.940. The Morgan fingerprint density at radius 1 is 1.06 bits per heavy atom. The molecule has 108 valence electrons. The van der Waals surface area contributed by atoms with E-state index in [-0.39, 0.29) is 0 Å². The van der Waals surface area contributed by atoms with E-state index in [1.807, 2.05) is 0 Å². The molecule has 1 heteroatoms. The summed E-state index contributed by atoms with van der Waals surface area (Å²) in [6.45, 7) is 6.04. The van der Waals surface area contributed by atoms with E-state index in [2.05, 4.69) is 26.2 Å². The Balaban J connectivity index is 2.20. The first kappa shape index (κ1) is 16.0. The van der Waals surface area contributed by atoms with Crippen LogP contribution in [0.1, 0.15) is 78.1 Å². The molecule has 2 unspecified atom stereocenters. The van der Waals surface area contributed by atoms with Gasteiger partial charge >= 0.3 is 0 Å². The molecule has 1 aliphatic carbocycles. The highest BCUT2D eigenvalue weighted by Gasteiger charge is 2.24. The van der Waals surface area contributed by atoms with Gasteiger partial charge in [-0.3, -0.25) is 0 Å². The largest absolute Gasteiger partial charge is 0.319 e. The van der Waals surface area contributed by atoms with Crippen LogP contribution in [0, 0.1) is 17.8 Å². The average molecular weight is 253 g/mol. The summed E-state index contributed by atoms with van der Waals surface area (Å²) in [4.78, 5) is 0. The minimum absolute atomic E-state index is 0.940. The fraction of sp³-hybridized carbons (Fsp3) is 1.00. The van der Waals surface area contributed by atoms with Crippen molar-refractivity contribution in [2.45, 2.75) is 78.1 Å². The molecule has 0 aliphatic heterocycles. The van der Waals surface area contributed by atoms with Gasteiger partial charge in [-0.1, -0.05) is 65.2 Å². The highest BCUT2D eigenvalue weighted by Crippen LogP contribution is 2.34. The van der Waals surface area contributed by atoms with Gasteiger partial charge in [0.15, 0.2) is 0 Å². The zero-order valence-electron chi connectivity index (χ0n) is 13.0. The molecule has 0 aromatic carbocycles. The van der Waals surface area contributed by atoms with Gasteiger partial charge in [-0.25, -0.2) is 0 Å². The summed E-state index contributed by atoms with van der Waals surface area (Å²) in [6.07, 6.45) is 14.6. The van der Waals surface area contributed by atoms with Crippen molar-refractivity contribution >= 4 is 0 Å². The van der Waals surface area contributed by atoms with Crippen LogP contribution in [0.25, 0.3) is 0 Å². The van der Waals surface area contributed by atoms with Crippen LogP contribution in [-0.4, -0.2) is 13.6 Å². The maximum atomic E-state index is 3.37. The van der Waals surface area contributed by atoms with E-state index in [9.17, 15) is 0 Å². The van der Waals surface area contributed by atoms with Crippen LogP contribution in [0.15, 0.2) is 0 Å². The predicted molar refractivity (Wildman–Crippen MR) is 81.9 cm³/mol. The molecule has 18 heavy (non-hydrogen) atoms. The second-order valence-corrected chi connectivity index (χ2v) is 6.53. The first-order valence-electron chi connectivity index (χ1n) is 8.42. The van der Waals surface area contributed by atoms with Crippen LogP contribution in [0.4, 0.5) is 0 Å². The predicted octanol–water partition coefficient (Wildman–Crippen LogP) is 5.01. The van der Waals surface area contributed by atoms with Crippen molar-refractivity contribution in [1.82, 2.24) is 5.32 Å². The van der Waals surface area contributed by atoms with Crippen LogP contribution in [0.3, 0.4) is 0 Å². The first-order chi connectivity index (χ1) is 8.77. The van der Waals surface area contributed by atoms with Gasteiger partial charge in [-0.05, 0) is 44.2 Å². The molecule has 1 nitrogen and oxygen atoms in total. The molecule has 1 rings (SSSR count). The zero-order chi connectivity index (χ0) is 13.2. The van der Waals surface area contributed by atoms with E-state index >= 15 is 0 Å². The summed E-state index contributed by atoms with van der Waals surface area (Å²) in [5, 5.41) is 3.37. The lowest BCUT2D eigenvalue weighted by atomic mass is 9.84. The molecule has 0 spiro atoms. The van der Waals surface area contributed by atoms with Crippen molar-refractivity contribution in [3.63, 3.8) is 0 Å². The van der Waals surface area contributed by atoms with Crippen LogP contribution in [0.5, 0.6) is 0 Å². The van der Waals surface area contributed by atoms with Gasteiger partial charge in [0, 0.05) is 0 Å². The minimum Gasteiger partial charge on any atom is -0.319 e. The quantitative estimate of drug-likeness (QED) is 0.473. The van der Waals surface area contributed by atoms with E-state index in [4.69, 9.17) is 0 Å². The molecule has 0 aromatic rings. The molecule has 1 aliphatic rings. The molecule has 0 heterocycles. The molecule has 1 fully saturated rings. The van der Waals surface area contributed by atoms with Gasteiger partial charge in [0.2, 0.25) is 0 Å². The topological polar surface area (TPSA) is 12.0 Å². The van der Waals surface area contributed by atoms with Gasteiger partial charge in [-0.2, -0.15) is 0 Å². The van der Waals surface area contributed by atoms with Crippen molar-refractivity contribution in [1.29, 1.82) is 0 Å². The molecular weight excluding hydrogens is 218 g/mol. The van der Waals surface area contributed by atoms with Crippen molar-refractivity contribution in [2.24, 2.45) is 17.8 Å². The van der Waals surface area contributed by atoms with Crippen LogP contribution < -0.4 is 5.32 Å². The van der Waals surface area contributed by atoms with E-state index < -0.39 is 0 Å². The molecule has 3 atom stereocenters. The van der Waals surface area contributed by atoms with Crippen LogP contribution in [-0.2, 0) is 0 Å². The number of hydrogen-bond donors (Lipinski definition) is 1. The summed E-state index contributed by atoms with van der Waals surface area (Å²) < 4.78 is 0. The molecule has 0 amide bonds.